The molecule has 0 bridgehead atoms. The van der Waals surface area contributed by atoms with Crippen molar-refractivity contribution in [3.8, 4) is 0 Å². The van der Waals surface area contributed by atoms with E-state index in [-0.39, 0.29) is 6.61 Å². The Bertz CT molecular complexity index is 373. The van der Waals surface area contributed by atoms with E-state index in [1.165, 1.54) is 44.9 Å². The summed E-state index contributed by atoms with van der Waals surface area (Å²) in [6.45, 7) is 3.05. The third-order valence-electron chi connectivity index (χ3n) is 3.21. The number of aliphatic hydroxyl groups is 1. The van der Waals surface area contributed by atoms with Crippen LogP contribution in [0.3, 0.4) is 0 Å². The van der Waals surface area contributed by atoms with Crippen LogP contribution in [0, 0.1) is 4.77 Å². The monoisotopic (exact) mass is 271 g/mol. The van der Waals surface area contributed by atoms with Crippen molar-refractivity contribution in [3.05, 3.63) is 10.6 Å². The molecular formula is C13H25N3OS. The van der Waals surface area contributed by atoms with Gasteiger partial charge >= 0.3 is 0 Å². The van der Waals surface area contributed by atoms with Gasteiger partial charge in [-0.3, -0.25) is 5.10 Å². The van der Waals surface area contributed by atoms with Crippen LogP contribution in [0.25, 0.3) is 0 Å². The van der Waals surface area contributed by atoms with Crippen LogP contribution in [0.5, 0.6) is 0 Å². The van der Waals surface area contributed by atoms with Crippen molar-refractivity contribution in [2.45, 2.75) is 71.4 Å². The smallest absolute Gasteiger partial charge is 0.195 e. The zero-order valence-corrected chi connectivity index (χ0v) is 12.1. The SMILES string of the molecule is CCCCCCCCCCn1c(CO)n[nH]c1=S. The Balaban J connectivity index is 2.10. The number of nitrogens with one attached hydrogen (secondary N) is 1. The molecule has 4 nitrogen and oxygen atoms in total. The summed E-state index contributed by atoms with van der Waals surface area (Å²) in [6, 6.07) is 0. The number of H-pyrrole nitrogens is 1. The molecule has 0 aromatic carbocycles. The van der Waals surface area contributed by atoms with Gasteiger partial charge in [0.05, 0.1) is 0 Å². The Morgan fingerprint density at radius 3 is 2.33 bits per heavy atom. The molecular weight excluding hydrogens is 246 g/mol. The summed E-state index contributed by atoms with van der Waals surface area (Å²) >= 11 is 5.12. The van der Waals surface area contributed by atoms with Gasteiger partial charge in [-0.15, -0.1) is 0 Å². The number of hydrogen-bond donors (Lipinski definition) is 2. The zero-order chi connectivity index (χ0) is 13.2. The molecule has 0 spiro atoms. The number of hydrogen-bond acceptors (Lipinski definition) is 3. The van der Waals surface area contributed by atoms with Crippen molar-refractivity contribution in [2.24, 2.45) is 0 Å². The summed E-state index contributed by atoms with van der Waals surface area (Å²) in [5.74, 6) is 0.642. The van der Waals surface area contributed by atoms with Crippen LogP contribution in [0.15, 0.2) is 0 Å². The molecule has 0 saturated carbocycles. The molecule has 2 N–H and O–H groups in total. The molecule has 0 aliphatic rings. The van der Waals surface area contributed by atoms with Crippen molar-refractivity contribution in [1.29, 1.82) is 0 Å². The van der Waals surface area contributed by atoms with Gasteiger partial charge in [0.2, 0.25) is 0 Å². The van der Waals surface area contributed by atoms with Gasteiger partial charge in [-0.2, -0.15) is 5.10 Å². The molecule has 0 atom stereocenters. The van der Waals surface area contributed by atoms with Gasteiger partial charge in [-0.05, 0) is 18.6 Å². The number of unbranched alkanes of at least 4 members (excludes halogenated alkanes) is 7. The predicted octanol–water partition coefficient (Wildman–Crippen LogP) is 3.57. The second-order valence-electron chi connectivity index (χ2n) is 4.73. The number of aliphatic hydroxyl groups excluding tert-OH is 1. The van der Waals surface area contributed by atoms with E-state index in [1.807, 2.05) is 4.57 Å². The molecule has 1 rings (SSSR count). The van der Waals surface area contributed by atoms with E-state index in [0.717, 1.165) is 13.0 Å². The first-order chi connectivity index (χ1) is 8.79. The molecule has 1 heterocycles. The Labute approximate surface area is 114 Å². The summed E-state index contributed by atoms with van der Waals surface area (Å²) in [7, 11) is 0. The molecule has 0 radical (unpaired) electrons. The molecule has 0 fully saturated rings. The third-order valence-corrected chi connectivity index (χ3v) is 3.53. The van der Waals surface area contributed by atoms with Crippen LogP contribution < -0.4 is 0 Å². The van der Waals surface area contributed by atoms with E-state index in [1.54, 1.807) is 0 Å². The predicted molar refractivity (Wildman–Crippen MR) is 75.9 cm³/mol. The van der Waals surface area contributed by atoms with Crippen LogP contribution in [-0.2, 0) is 13.2 Å². The van der Waals surface area contributed by atoms with Gasteiger partial charge in [-0.1, -0.05) is 51.9 Å². The molecule has 18 heavy (non-hydrogen) atoms. The fourth-order valence-corrected chi connectivity index (χ4v) is 2.35. The maximum absolute atomic E-state index is 9.11. The van der Waals surface area contributed by atoms with Crippen LogP contribution in [0.4, 0.5) is 0 Å². The summed E-state index contributed by atoms with van der Waals surface area (Å²) in [4.78, 5) is 0. The number of aromatic amines is 1. The highest BCUT2D eigenvalue weighted by molar-refractivity contribution is 7.71. The van der Waals surface area contributed by atoms with Crippen LogP contribution in [-0.4, -0.2) is 19.9 Å². The van der Waals surface area contributed by atoms with E-state index < -0.39 is 0 Å². The molecule has 104 valence electrons. The molecule has 5 heteroatoms. The quantitative estimate of drug-likeness (QED) is 0.505. The minimum atomic E-state index is -0.0514. The van der Waals surface area contributed by atoms with Gasteiger partial charge < -0.3 is 9.67 Å². The van der Waals surface area contributed by atoms with Crippen LogP contribution in [0.1, 0.15) is 64.1 Å². The molecule has 0 aliphatic heterocycles. The van der Waals surface area contributed by atoms with Crippen LogP contribution in [0.2, 0.25) is 0 Å². The highest BCUT2D eigenvalue weighted by atomic mass is 32.1. The Hall–Kier alpha value is -0.680. The Morgan fingerprint density at radius 2 is 1.72 bits per heavy atom. The second kappa shape index (κ2) is 9.28. The fourth-order valence-electron chi connectivity index (χ4n) is 2.11. The van der Waals surface area contributed by atoms with Gasteiger partial charge in [0.1, 0.15) is 6.61 Å². The zero-order valence-electron chi connectivity index (χ0n) is 11.3. The third kappa shape index (κ3) is 5.31. The van der Waals surface area contributed by atoms with Crippen molar-refractivity contribution >= 4 is 12.2 Å². The lowest BCUT2D eigenvalue weighted by atomic mass is 10.1. The maximum Gasteiger partial charge on any atom is 0.195 e. The topological polar surface area (TPSA) is 53.8 Å². The van der Waals surface area contributed by atoms with E-state index >= 15 is 0 Å². The van der Waals surface area contributed by atoms with Gasteiger partial charge in [0.25, 0.3) is 0 Å². The lowest BCUT2D eigenvalue weighted by molar-refractivity contribution is 0.263. The Morgan fingerprint density at radius 1 is 1.11 bits per heavy atom. The summed E-state index contributed by atoms with van der Waals surface area (Å²) in [5, 5.41) is 15.8. The molecule has 0 aliphatic carbocycles. The number of nitrogens with zero attached hydrogens (tertiary/aromatic N) is 2. The minimum absolute atomic E-state index is 0.0514. The van der Waals surface area contributed by atoms with E-state index in [2.05, 4.69) is 17.1 Å². The first-order valence-corrected chi connectivity index (χ1v) is 7.45. The van der Waals surface area contributed by atoms with E-state index in [9.17, 15) is 0 Å². The lowest BCUT2D eigenvalue weighted by Gasteiger charge is -2.05. The van der Waals surface area contributed by atoms with Gasteiger partial charge in [0.15, 0.2) is 10.6 Å². The van der Waals surface area contributed by atoms with E-state index in [0.29, 0.717) is 10.6 Å². The Kier molecular flexibility index (Phi) is 7.93. The highest BCUT2D eigenvalue weighted by Crippen LogP contribution is 2.09. The second-order valence-corrected chi connectivity index (χ2v) is 5.12. The highest BCUT2D eigenvalue weighted by Gasteiger charge is 2.03. The van der Waals surface area contributed by atoms with Crippen molar-refractivity contribution < 1.29 is 5.11 Å². The summed E-state index contributed by atoms with van der Waals surface area (Å²) < 4.78 is 2.51. The molecule has 0 saturated heterocycles. The van der Waals surface area contributed by atoms with Gasteiger partial charge in [-0.25, -0.2) is 0 Å². The minimum Gasteiger partial charge on any atom is -0.388 e. The number of rotatable bonds is 10. The van der Waals surface area contributed by atoms with Crippen molar-refractivity contribution in [3.63, 3.8) is 0 Å². The average Bonchev–Trinajstić information content (AvgIpc) is 2.73. The average molecular weight is 271 g/mol. The number of aromatic nitrogens is 3. The molecule has 0 unspecified atom stereocenters. The first-order valence-electron chi connectivity index (χ1n) is 7.04. The largest absolute Gasteiger partial charge is 0.388 e. The fraction of sp³-hybridized carbons (Fsp3) is 0.846. The molecule has 1 aromatic heterocycles. The lowest BCUT2D eigenvalue weighted by Crippen LogP contribution is -2.04. The summed E-state index contributed by atoms with van der Waals surface area (Å²) in [6.07, 6.45) is 10.4. The first kappa shape index (κ1) is 15.4. The normalized spacial score (nSPS) is 11.0. The standard InChI is InChI=1S/C13H25N3OS/c1-2-3-4-5-6-7-8-9-10-16-12(11-17)14-15-13(16)18/h17H,2-11H2,1H3,(H,15,18). The van der Waals surface area contributed by atoms with Crippen molar-refractivity contribution in [1.82, 2.24) is 14.8 Å². The van der Waals surface area contributed by atoms with Crippen LogP contribution >= 0.6 is 12.2 Å². The van der Waals surface area contributed by atoms with Crippen molar-refractivity contribution in [2.75, 3.05) is 0 Å². The maximum atomic E-state index is 9.11. The molecule has 1 aromatic rings. The van der Waals surface area contributed by atoms with E-state index in [4.69, 9.17) is 17.3 Å². The van der Waals surface area contributed by atoms with Gasteiger partial charge in [0, 0.05) is 6.54 Å². The molecule has 0 amide bonds. The summed E-state index contributed by atoms with van der Waals surface area (Å²) in [5.41, 5.74) is 0.